The van der Waals surface area contributed by atoms with E-state index in [0.29, 0.717) is 5.75 Å². The molecule has 3 N–H and O–H groups in total. The molecule has 1 aromatic rings. The van der Waals surface area contributed by atoms with Crippen LogP contribution in [-0.4, -0.2) is 29.8 Å². The van der Waals surface area contributed by atoms with E-state index in [-0.39, 0.29) is 11.7 Å². The molecule has 0 aliphatic carbocycles. The summed E-state index contributed by atoms with van der Waals surface area (Å²) in [6.07, 6.45) is -1.02. The van der Waals surface area contributed by atoms with Crippen molar-refractivity contribution < 1.29 is 19.1 Å². The highest BCUT2D eigenvalue weighted by Crippen LogP contribution is 2.17. The fraction of sp³-hybridized carbons (Fsp3) is 0.462. The molecule has 8 heteroatoms. The first kappa shape index (κ1) is 17.5. The average Bonchev–Trinajstić information content (AvgIpc) is 2.87. The number of hydrogen-bond donors (Lipinski definition) is 2. The van der Waals surface area contributed by atoms with Crippen LogP contribution in [0.15, 0.2) is 17.5 Å². The van der Waals surface area contributed by atoms with Gasteiger partial charge >= 0.3 is 12.0 Å². The number of esters is 1. The second-order valence-corrected chi connectivity index (χ2v) is 6.60. The number of primary amides is 1. The van der Waals surface area contributed by atoms with Crippen molar-refractivity contribution in [1.29, 1.82) is 0 Å². The third-order valence-corrected chi connectivity index (χ3v) is 4.43. The highest BCUT2D eigenvalue weighted by Gasteiger charge is 2.27. The van der Waals surface area contributed by atoms with Crippen LogP contribution in [0.4, 0.5) is 4.79 Å². The van der Waals surface area contributed by atoms with E-state index >= 15 is 0 Å². The number of thiophene rings is 1. The maximum absolute atomic E-state index is 11.7. The van der Waals surface area contributed by atoms with Crippen LogP contribution >= 0.6 is 23.1 Å². The van der Waals surface area contributed by atoms with E-state index in [1.54, 1.807) is 25.2 Å². The van der Waals surface area contributed by atoms with Crippen LogP contribution in [0.3, 0.4) is 0 Å². The lowest BCUT2D eigenvalue weighted by Crippen LogP contribution is -2.45. The fourth-order valence-electron chi connectivity index (χ4n) is 1.49. The number of ether oxygens (including phenoxy) is 1. The van der Waals surface area contributed by atoms with Crippen molar-refractivity contribution in [3.8, 4) is 0 Å². The molecule has 1 aromatic heterocycles. The van der Waals surface area contributed by atoms with E-state index in [1.165, 1.54) is 16.6 Å². The predicted molar refractivity (Wildman–Crippen MR) is 82.9 cm³/mol. The molecule has 0 radical (unpaired) electrons. The predicted octanol–water partition coefficient (Wildman–Crippen LogP) is 1.74. The normalized spacial score (nSPS) is 12.0. The SMILES string of the molecule is CC(C)[C@@H](OC(=O)CSCc1cccs1)C(=O)NC(N)=O. The zero-order chi connectivity index (χ0) is 15.8. The van der Waals surface area contributed by atoms with E-state index in [4.69, 9.17) is 10.5 Å². The molecule has 21 heavy (non-hydrogen) atoms. The molecule has 6 nitrogen and oxygen atoms in total. The van der Waals surface area contributed by atoms with Crippen LogP contribution in [0.25, 0.3) is 0 Å². The van der Waals surface area contributed by atoms with Crippen molar-refractivity contribution in [2.75, 3.05) is 5.75 Å². The lowest BCUT2D eigenvalue weighted by Gasteiger charge is -2.19. The third kappa shape index (κ3) is 6.63. The number of carbonyl (C=O) groups excluding carboxylic acids is 3. The van der Waals surface area contributed by atoms with Crippen LogP contribution < -0.4 is 11.1 Å². The molecule has 0 fully saturated rings. The minimum absolute atomic E-state index is 0.144. The topological polar surface area (TPSA) is 98.5 Å². The lowest BCUT2D eigenvalue weighted by molar-refractivity contribution is -0.155. The summed E-state index contributed by atoms with van der Waals surface area (Å²) in [5, 5.41) is 3.90. The maximum Gasteiger partial charge on any atom is 0.318 e. The van der Waals surface area contributed by atoms with Gasteiger partial charge in [0.1, 0.15) is 0 Å². The number of urea groups is 1. The molecule has 0 bridgehead atoms. The Morgan fingerprint density at radius 1 is 1.43 bits per heavy atom. The van der Waals surface area contributed by atoms with Crippen LogP contribution in [0.1, 0.15) is 18.7 Å². The van der Waals surface area contributed by atoms with E-state index in [9.17, 15) is 14.4 Å². The van der Waals surface area contributed by atoms with Gasteiger partial charge in [-0.25, -0.2) is 4.79 Å². The molecule has 116 valence electrons. The Hall–Kier alpha value is -1.54. The Kier molecular flexibility index (Phi) is 7.24. The van der Waals surface area contributed by atoms with Gasteiger partial charge in [0.15, 0.2) is 6.10 Å². The number of nitrogens with one attached hydrogen (secondary N) is 1. The Bertz CT molecular complexity index is 488. The van der Waals surface area contributed by atoms with Crippen LogP contribution in [-0.2, 0) is 20.1 Å². The first-order valence-corrected chi connectivity index (χ1v) is 8.33. The summed E-state index contributed by atoms with van der Waals surface area (Å²) in [7, 11) is 0. The summed E-state index contributed by atoms with van der Waals surface area (Å²) in [6.45, 7) is 3.44. The minimum Gasteiger partial charge on any atom is -0.451 e. The molecule has 0 spiro atoms. The summed E-state index contributed by atoms with van der Waals surface area (Å²) in [5.41, 5.74) is 4.88. The summed E-state index contributed by atoms with van der Waals surface area (Å²) in [5.74, 6) is -0.586. The Balaban J connectivity index is 2.41. The summed E-state index contributed by atoms with van der Waals surface area (Å²) < 4.78 is 5.12. The second kappa shape index (κ2) is 8.68. The van der Waals surface area contributed by atoms with Gasteiger partial charge in [-0.1, -0.05) is 19.9 Å². The summed E-state index contributed by atoms with van der Waals surface area (Å²) in [6, 6.07) is 2.97. The standard InChI is InChI=1S/C13H18N2O4S2/c1-8(2)11(12(17)15-13(14)18)19-10(16)7-20-6-9-4-3-5-21-9/h3-5,8,11H,6-7H2,1-2H3,(H3,14,15,17,18)/t11-/m1/s1. The molecular formula is C13H18N2O4S2. The van der Waals surface area contributed by atoms with Crippen molar-refractivity contribution in [3.63, 3.8) is 0 Å². The molecule has 1 rings (SSSR count). The van der Waals surface area contributed by atoms with Gasteiger partial charge in [-0.05, 0) is 17.4 Å². The molecule has 1 atom stereocenters. The van der Waals surface area contributed by atoms with Crippen LogP contribution in [0, 0.1) is 5.92 Å². The summed E-state index contributed by atoms with van der Waals surface area (Å²) in [4.78, 5) is 35.3. The van der Waals surface area contributed by atoms with Crippen molar-refractivity contribution in [2.24, 2.45) is 11.7 Å². The molecule has 3 amide bonds. The Morgan fingerprint density at radius 3 is 2.67 bits per heavy atom. The minimum atomic E-state index is -1.02. The van der Waals surface area contributed by atoms with Gasteiger partial charge in [0.05, 0.1) is 5.75 Å². The average molecular weight is 330 g/mol. The number of imide groups is 1. The highest BCUT2D eigenvalue weighted by molar-refractivity contribution is 7.99. The molecule has 0 saturated carbocycles. The zero-order valence-corrected chi connectivity index (χ0v) is 13.5. The molecule has 0 aliphatic heterocycles. The number of amides is 3. The van der Waals surface area contributed by atoms with Crippen molar-refractivity contribution >= 4 is 41.0 Å². The van der Waals surface area contributed by atoms with Crippen LogP contribution in [0.2, 0.25) is 0 Å². The van der Waals surface area contributed by atoms with E-state index < -0.39 is 24.0 Å². The maximum atomic E-state index is 11.7. The van der Waals surface area contributed by atoms with Crippen molar-refractivity contribution in [3.05, 3.63) is 22.4 Å². The van der Waals surface area contributed by atoms with Gasteiger partial charge in [-0.3, -0.25) is 14.9 Å². The molecule has 0 unspecified atom stereocenters. The molecule has 0 aromatic carbocycles. The number of rotatable bonds is 7. The first-order valence-electron chi connectivity index (χ1n) is 6.30. The molecule has 1 heterocycles. The third-order valence-electron chi connectivity index (χ3n) is 2.41. The lowest BCUT2D eigenvalue weighted by atomic mass is 10.1. The van der Waals surface area contributed by atoms with Crippen LogP contribution in [0.5, 0.6) is 0 Å². The molecule has 0 aliphatic rings. The molecular weight excluding hydrogens is 312 g/mol. The summed E-state index contributed by atoms with van der Waals surface area (Å²) >= 11 is 3.03. The highest BCUT2D eigenvalue weighted by atomic mass is 32.2. The largest absolute Gasteiger partial charge is 0.451 e. The van der Waals surface area contributed by atoms with Gasteiger partial charge in [-0.2, -0.15) is 0 Å². The van der Waals surface area contributed by atoms with Gasteiger partial charge in [-0.15, -0.1) is 23.1 Å². The molecule has 0 saturated heterocycles. The number of nitrogens with two attached hydrogens (primary N) is 1. The van der Waals surface area contributed by atoms with E-state index in [1.807, 2.05) is 22.8 Å². The number of carbonyl (C=O) groups is 3. The van der Waals surface area contributed by atoms with Gasteiger partial charge in [0, 0.05) is 10.6 Å². The number of thioether (sulfide) groups is 1. The van der Waals surface area contributed by atoms with Crippen molar-refractivity contribution in [2.45, 2.75) is 25.7 Å². The van der Waals surface area contributed by atoms with E-state index in [2.05, 4.69) is 0 Å². The quantitative estimate of drug-likeness (QED) is 0.742. The smallest absolute Gasteiger partial charge is 0.318 e. The first-order chi connectivity index (χ1) is 9.90. The second-order valence-electron chi connectivity index (χ2n) is 4.58. The Morgan fingerprint density at radius 2 is 2.14 bits per heavy atom. The monoisotopic (exact) mass is 330 g/mol. The Labute approximate surface area is 131 Å². The van der Waals surface area contributed by atoms with Gasteiger partial charge in [0.25, 0.3) is 5.91 Å². The van der Waals surface area contributed by atoms with Gasteiger partial charge < -0.3 is 10.5 Å². The zero-order valence-electron chi connectivity index (χ0n) is 11.8. The number of hydrogen-bond acceptors (Lipinski definition) is 6. The van der Waals surface area contributed by atoms with E-state index in [0.717, 1.165) is 0 Å². The van der Waals surface area contributed by atoms with Crippen molar-refractivity contribution in [1.82, 2.24) is 5.32 Å². The fourth-order valence-corrected chi connectivity index (χ4v) is 3.14. The van der Waals surface area contributed by atoms with Gasteiger partial charge in [0.2, 0.25) is 0 Å².